The summed E-state index contributed by atoms with van der Waals surface area (Å²) in [5.41, 5.74) is 0. The molecule has 1 rings (SSSR count). The molecule has 11 heteroatoms. The zero-order valence-corrected chi connectivity index (χ0v) is 35.8. The Morgan fingerprint density at radius 3 is 1.42 bits per heavy atom. The maximum absolute atomic E-state index is 12.7. The normalized spacial score (nSPS) is 14.8. The topological polar surface area (TPSA) is 189 Å². The molecular formula is C42H87N5O5S. The van der Waals surface area contributed by atoms with Crippen LogP contribution in [0, 0.1) is 0 Å². The maximum atomic E-state index is 12.7. The molecule has 0 aromatic heterocycles. The Hall–Kier alpha value is -1.79. The Bertz CT molecular complexity index is 998. The molecule has 2 atom stereocenters. The van der Waals surface area contributed by atoms with E-state index in [2.05, 4.69) is 62.2 Å². The van der Waals surface area contributed by atoms with Crippen molar-refractivity contribution in [2.45, 2.75) is 226 Å². The van der Waals surface area contributed by atoms with E-state index < -0.39 is 10.4 Å². The lowest BCUT2D eigenvalue weighted by Gasteiger charge is -2.29. The van der Waals surface area contributed by atoms with Gasteiger partial charge in [-0.05, 0) is 78.1 Å². The minimum atomic E-state index is -4.67. The first kappa shape index (κ1) is 55.5. The fourth-order valence-electron chi connectivity index (χ4n) is 6.62. The number of amidine groups is 1. The zero-order valence-electron chi connectivity index (χ0n) is 35.0. The zero-order chi connectivity index (χ0) is 37.8. The number of carbonyl (C=O) groups excluding carboxylic acids is 1. The van der Waals surface area contributed by atoms with Crippen molar-refractivity contribution in [3.05, 3.63) is 24.3 Å². The first-order chi connectivity index (χ1) is 24.6. The summed E-state index contributed by atoms with van der Waals surface area (Å²) in [5, 5.41) is 3.27. The largest absolute Gasteiger partial charge is 0.394 e. The average Bonchev–Trinajstić information content (AvgIpc) is 3.45. The Labute approximate surface area is 328 Å². The molecule has 0 saturated carbocycles. The third-order valence-electron chi connectivity index (χ3n) is 9.58. The average molecular weight is 774 g/mol. The minimum absolute atomic E-state index is 0. The van der Waals surface area contributed by atoms with Crippen LogP contribution in [-0.2, 0) is 15.2 Å². The lowest BCUT2D eigenvalue weighted by Crippen LogP contribution is -2.48. The van der Waals surface area contributed by atoms with Crippen LogP contribution < -0.4 is 17.6 Å². The van der Waals surface area contributed by atoms with E-state index in [1.54, 1.807) is 0 Å². The number of nitrogens with one attached hydrogen (secondary N) is 1. The molecule has 0 spiro atoms. The molecule has 10 nitrogen and oxygen atoms in total. The van der Waals surface area contributed by atoms with Gasteiger partial charge in [0, 0.05) is 19.4 Å². The number of carbonyl (C=O) groups is 1. The van der Waals surface area contributed by atoms with Crippen molar-refractivity contribution in [3.8, 4) is 0 Å². The van der Waals surface area contributed by atoms with E-state index in [9.17, 15) is 4.79 Å². The molecule has 1 amide bonds. The van der Waals surface area contributed by atoms with Crippen LogP contribution in [0.25, 0.3) is 0 Å². The van der Waals surface area contributed by atoms with Crippen LogP contribution in [0.1, 0.15) is 214 Å². The summed E-state index contributed by atoms with van der Waals surface area (Å²) < 4.78 is 31.6. The Kier molecular flexibility index (Phi) is 41.8. The van der Waals surface area contributed by atoms with Gasteiger partial charge in [0.2, 0.25) is 5.91 Å². The molecule has 0 saturated heterocycles. The predicted octanol–water partition coefficient (Wildman–Crippen LogP) is 12.7. The first-order valence-corrected chi connectivity index (χ1v) is 22.6. The van der Waals surface area contributed by atoms with Gasteiger partial charge in [0.1, 0.15) is 5.84 Å². The number of rotatable bonds is 33. The van der Waals surface area contributed by atoms with Gasteiger partial charge in [-0.1, -0.05) is 147 Å². The molecule has 316 valence electrons. The van der Waals surface area contributed by atoms with E-state index in [-0.39, 0.29) is 24.4 Å². The Morgan fingerprint density at radius 2 is 1.02 bits per heavy atom. The van der Waals surface area contributed by atoms with Crippen molar-refractivity contribution in [1.29, 1.82) is 0 Å². The van der Waals surface area contributed by atoms with Crippen LogP contribution in [0.5, 0.6) is 0 Å². The second-order valence-electron chi connectivity index (χ2n) is 14.8. The molecule has 0 aromatic rings. The quantitative estimate of drug-likeness (QED) is 0.0247. The standard InChI is InChI=1S/C42H79N3O.2H3N.H2O4S/c1-5-7-9-11-13-15-17-19-21-23-24-26-28-30-32-34-36-41-43-39(3)38-45(41)40(4)44-42(46)37-35-33-31-29-27-25-22-20-18-16-14-12-10-8-6-2;;;1-5(2,3)4/h19-22,39-40H,5-18,23-38H2,1-4H3,(H,44,46);2*1H3;(H2,1,2,3,4)/b21-19-,22-20-;;;. The second-order valence-corrected chi connectivity index (χ2v) is 15.7. The molecule has 1 aliphatic heterocycles. The van der Waals surface area contributed by atoms with Gasteiger partial charge >= 0.3 is 10.4 Å². The first-order valence-electron chi connectivity index (χ1n) is 21.2. The van der Waals surface area contributed by atoms with E-state index in [0.717, 1.165) is 25.8 Å². The third-order valence-corrected chi connectivity index (χ3v) is 9.58. The fourth-order valence-corrected chi connectivity index (χ4v) is 6.62. The summed E-state index contributed by atoms with van der Waals surface area (Å²) in [6.45, 7) is 9.82. The minimum Gasteiger partial charge on any atom is -0.344 e. The summed E-state index contributed by atoms with van der Waals surface area (Å²) in [6, 6.07) is 0.328. The van der Waals surface area contributed by atoms with Gasteiger partial charge in [-0.2, -0.15) is 8.42 Å². The molecule has 0 radical (unpaired) electrons. The molecule has 1 heterocycles. The smallest absolute Gasteiger partial charge is 0.344 e. The molecular weight excluding hydrogens is 687 g/mol. The van der Waals surface area contributed by atoms with Gasteiger partial charge in [-0.15, -0.1) is 0 Å². The van der Waals surface area contributed by atoms with Crippen molar-refractivity contribution in [2.75, 3.05) is 6.54 Å². The fraction of sp³-hybridized carbons (Fsp3) is 0.857. The van der Waals surface area contributed by atoms with Crippen molar-refractivity contribution in [2.24, 2.45) is 4.99 Å². The lowest BCUT2D eigenvalue weighted by molar-refractivity contribution is -0.122. The van der Waals surface area contributed by atoms with Crippen molar-refractivity contribution >= 4 is 22.1 Å². The molecule has 0 aromatic carbocycles. The number of unbranched alkanes of at least 4 members (excludes halogenated alkanes) is 23. The van der Waals surface area contributed by atoms with Gasteiger partial charge in [0.25, 0.3) is 0 Å². The Morgan fingerprint density at radius 1 is 0.679 bits per heavy atom. The molecule has 1 aliphatic rings. The van der Waals surface area contributed by atoms with Crippen LogP contribution in [0.15, 0.2) is 29.3 Å². The highest BCUT2D eigenvalue weighted by molar-refractivity contribution is 7.79. The highest BCUT2D eigenvalue weighted by atomic mass is 32.3. The number of amides is 1. The van der Waals surface area contributed by atoms with E-state index in [1.165, 1.54) is 166 Å². The maximum Gasteiger partial charge on any atom is 0.394 e. The summed E-state index contributed by atoms with van der Waals surface area (Å²) in [5.74, 6) is 1.40. The number of allylic oxidation sites excluding steroid dienone is 4. The van der Waals surface area contributed by atoms with Gasteiger partial charge in [-0.25, -0.2) is 0 Å². The second kappa shape index (κ2) is 39.9. The van der Waals surface area contributed by atoms with E-state index in [4.69, 9.17) is 22.5 Å². The number of aliphatic imine (C=N–C) groups is 1. The molecule has 0 bridgehead atoms. The van der Waals surface area contributed by atoms with Crippen LogP contribution in [-0.4, -0.2) is 52.9 Å². The monoisotopic (exact) mass is 774 g/mol. The number of hydrogen-bond acceptors (Lipinski definition) is 7. The van der Waals surface area contributed by atoms with Crippen molar-refractivity contribution in [3.63, 3.8) is 0 Å². The van der Waals surface area contributed by atoms with Crippen LogP contribution in [0.2, 0.25) is 0 Å². The predicted molar refractivity (Wildman–Crippen MR) is 229 cm³/mol. The van der Waals surface area contributed by atoms with E-state index in [1.807, 2.05) is 0 Å². The van der Waals surface area contributed by atoms with Crippen LogP contribution in [0.3, 0.4) is 0 Å². The summed E-state index contributed by atoms with van der Waals surface area (Å²) in [7, 11) is -4.67. The van der Waals surface area contributed by atoms with Crippen molar-refractivity contribution in [1.82, 2.24) is 22.5 Å². The third kappa shape index (κ3) is 41.2. The highest BCUT2D eigenvalue weighted by Gasteiger charge is 2.26. The van der Waals surface area contributed by atoms with Gasteiger partial charge in [-0.3, -0.25) is 18.9 Å². The molecule has 0 fully saturated rings. The molecule has 9 N–H and O–H groups in total. The highest BCUT2D eigenvalue weighted by Crippen LogP contribution is 2.18. The number of hydrogen-bond donors (Lipinski definition) is 5. The SMILES string of the molecule is CCCCCCCC/C=C\CCCCCCCCC1=NC(C)CN1C(C)NC(=O)CCCCCCC/C=C\CCCCCCCC.N.N.O=S(=O)(O)O. The molecule has 2 unspecified atom stereocenters. The van der Waals surface area contributed by atoms with Crippen LogP contribution >= 0.6 is 0 Å². The van der Waals surface area contributed by atoms with Crippen LogP contribution in [0.4, 0.5) is 0 Å². The van der Waals surface area contributed by atoms with Gasteiger partial charge in [0.05, 0.1) is 12.2 Å². The van der Waals surface area contributed by atoms with Crippen molar-refractivity contribution < 1.29 is 22.3 Å². The van der Waals surface area contributed by atoms with Gasteiger partial charge < -0.3 is 22.5 Å². The Balaban J connectivity index is -0.00000333. The lowest BCUT2D eigenvalue weighted by atomic mass is 10.1. The van der Waals surface area contributed by atoms with E-state index >= 15 is 0 Å². The summed E-state index contributed by atoms with van der Waals surface area (Å²) >= 11 is 0. The summed E-state index contributed by atoms with van der Waals surface area (Å²) in [6.07, 6.45) is 46.7. The van der Waals surface area contributed by atoms with Gasteiger partial charge in [0.15, 0.2) is 0 Å². The number of nitrogens with zero attached hydrogens (tertiary/aromatic N) is 2. The molecule has 53 heavy (non-hydrogen) atoms. The molecule has 0 aliphatic carbocycles. The summed E-state index contributed by atoms with van der Waals surface area (Å²) in [4.78, 5) is 19.9. The van der Waals surface area contributed by atoms with E-state index in [0.29, 0.717) is 12.5 Å².